The van der Waals surface area contributed by atoms with Crippen molar-refractivity contribution in [3.8, 4) is 17.6 Å². The quantitative estimate of drug-likeness (QED) is 0.880. The second kappa shape index (κ2) is 7.36. The molecule has 0 aliphatic heterocycles. The Morgan fingerprint density at radius 2 is 2.00 bits per heavy atom. The van der Waals surface area contributed by atoms with Crippen molar-refractivity contribution in [2.45, 2.75) is 13.0 Å². The molecule has 2 rings (SSSR count). The minimum Gasteiger partial charge on any atom is -0.488 e. The van der Waals surface area contributed by atoms with Crippen molar-refractivity contribution in [2.75, 3.05) is 6.61 Å². The third-order valence-corrected chi connectivity index (χ3v) is 2.56. The van der Waals surface area contributed by atoms with E-state index in [4.69, 9.17) is 9.84 Å². The summed E-state index contributed by atoms with van der Waals surface area (Å²) >= 11 is 0. The van der Waals surface area contributed by atoms with Gasteiger partial charge < -0.3 is 9.84 Å². The van der Waals surface area contributed by atoms with Crippen LogP contribution in [0.3, 0.4) is 0 Å². The van der Waals surface area contributed by atoms with Gasteiger partial charge in [-0.2, -0.15) is 0 Å². The van der Waals surface area contributed by atoms with Crippen molar-refractivity contribution < 1.29 is 18.6 Å². The van der Waals surface area contributed by atoms with E-state index in [0.29, 0.717) is 23.3 Å². The molecule has 1 heterocycles. The Balaban J connectivity index is 2.14. The van der Waals surface area contributed by atoms with Crippen molar-refractivity contribution in [1.29, 1.82) is 0 Å². The van der Waals surface area contributed by atoms with Gasteiger partial charge in [0.1, 0.15) is 24.0 Å². The highest BCUT2D eigenvalue weighted by Crippen LogP contribution is 2.20. The lowest BCUT2D eigenvalue weighted by Crippen LogP contribution is -1.99. The molecule has 0 amide bonds. The molecule has 0 atom stereocenters. The number of hydrogen-bond donors (Lipinski definition) is 1. The van der Waals surface area contributed by atoms with E-state index in [1.165, 1.54) is 30.5 Å². The number of aliphatic hydroxyl groups is 1. The maximum Gasteiger partial charge on any atom is 0.141 e. The van der Waals surface area contributed by atoms with Crippen LogP contribution in [0.25, 0.3) is 0 Å². The predicted octanol–water partition coefficient (Wildman–Crippen LogP) is 2.67. The van der Waals surface area contributed by atoms with Gasteiger partial charge in [0.05, 0.1) is 18.4 Å². The molecule has 0 spiro atoms. The van der Waals surface area contributed by atoms with Gasteiger partial charge in [-0.05, 0) is 24.3 Å². The van der Waals surface area contributed by atoms with Gasteiger partial charge in [0.2, 0.25) is 0 Å². The normalized spacial score (nSPS) is 9.86. The summed E-state index contributed by atoms with van der Waals surface area (Å²) in [5, 5.41) is 8.70. The van der Waals surface area contributed by atoms with Crippen molar-refractivity contribution in [1.82, 2.24) is 4.98 Å². The number of aromatic nitrogens is 1. The van der Waals surface area contributed by atoms with E-state index in [-0.39, 0.29) is 13.2 Å². The predicted molar refractivity (Wildman–Crippen MR) is 73.5 cm³/mol. The monoisotopic (exact) mass is 289 g/mol. The van der Waals surface area contributed by atoms with Gasteiger partial charge in [-0.15, -0.1) is 0 Å². The molecule has 2 aromatic rings. The summed E-state index contributed by atoms with van der Waals surface area (Å²) in [6, 6.07) is 5.29. The summed E-state index contributed by atoms with van der Waals surface area (Å²) in [6.07, 6.45) is 2.89. The van der Waals surface area contributed by atoms with E-state index in [1.807, 2.05) is 0 Å². The fraction of sp³-hybridized carbons (Fsp3) is 0.188. The number of pyridine rings is 1. The molecule has 0 radical (unpaired) electrons. The lowest BCUT2D eigenvalue weighted by molar-refractivity contribution is 0.303. The number of nitrogens with zero attached hydrogens (tertiary/aromatic N) is 1. The molecular weight excluding hydrogens is 276 g/mol. The van der Waals surface area contributed by atoms with E-state index in [2.05, 4.69) is 16.8 Å². The van der Waals surface area contributed by atoms with Crippen LogP contribution in [0.5, 0.6) is 5.75 Å². The van der Waals surface area contributed by atoms with Gasteiger partial charge in [-0.3, -0.25) is 4.98 Å². The Morgan fingerprint density at radius 3 is 2.76 bits per heavy atom. The maximum absolute atomic E-state index is 13.2. The van der Waals surface area contributed by atoms with E-state index < -0.39 is 11.6 Å². The molecular formula is C16H13F2NO2. The number of halogens is 2. The summed E-state index contributed by atoms with van der Waals surface area (Å²) in [5.41, 5.74) is 0.946. The summed E-state index contributed by atoms with van der Waals surface area (Å²) in [7, 11) is 0. The molecule has 0 unspecified atom stereocenters. The zero-order valence-corrected chi connectivity index (χ0v) is 11.1. The lowest BCUT2D eigenvalue weighted by atomic mass is 10.2. The van der Waals surface area contributed by atoms with Gasteiger partial charge in [-0.1, -0.05) is 11.8 Å². The molecule has 21 heavy (non-hydrogen) atoms. The second-order valence-electron chi connectivity index (χ2n) is 4.22. The van der Waals surface area contributed by atoms with Gasteiger partial charge in [-0.25, -0.2) is 8.78 Å². The highest BCUT2D eigenvalue weighted by molar-refractivity contribution is 5.46. The van der Waals surface area contributed by atoms with Gasteiger partial charge in [0, 0.05) is 18.2 Å². The number of hydrogen-bond acceptors (Lipinski definition) is 3. The van der Waals surface area contributed by atoms with E-state index in [9.17, 15) is 8.78 Å². The molecule has 0 aliphatic rings. The van der Waals surface area contributed by atoms with E-state index in [1.54, 1.807) is 0 Å². The summed E-state index contributed by atoms with van der Waals surface area (Å²) in [6.45, 7) is 0.0402. The molecule has 1 aromatic carbocycles. The number of benzene rings is 1. The van der Waals surface area contributed by atoms with Crippen LogP contribution in [-0.4, -0.2) is 16.7 Å². The van der Waals surface area contributed by atoms with Crippen molar-refractivity contribution >= 4 is 0 Å². The van der Waals surface area contributed by atoms with Crippen LogP contribution in [0.2, 0.25) is 0 Å². The third-order valence-electron chi connectivity index (χ3n) is 2.56. The zero-order chi connectivity index (χ0) is 15.1. The number of aliphatic hydroxyl groups excluding tert-OH is 1. The standard InChI is InChI=1S/C16H13F2NO2/c17-14-4-5-16(13(8-14)3-1-2-6-20)21-11-12-7-15(18)10-19-9-12/h4-5,7-10,20H,2,6,11H2. The SMILES string of the molecule is OCCC#Cc1cc(F)ccc1OCc1cncc(F)c1. The van der Waals surface area contributed by atoms with Crippen LogP contribution < -0.4 is 4.74 Å². The third kappa shape index (κ3) is 4.55. The van der Waals surface area contributed by atoms with Gasteiger partial charge in [0.25, 0.3) is 0 Å². The average Bonchev–Trinajstić information content (AvgIpc) is 2.47. The Bertz CT molecular complexity index is 677. The van der Waals surface area contributed by atoms with Crippen LogP contribution >= 0.6 is 0 Å². The average molecular weight is 289 g/mol. The summed E-state index contributed by atoms with van der Waals surface area (Å²) in [4.78, 5) is 3.72. The number of rotatable bonds is 4. The molecule has 108 valence electrons. The second-order valence-corrected chi connectivity index (χ2v) is 4.22. The Morgan fingerprint density at radius 1 is 1.14 bits per heavy atom. The first-order chi connectivity index (χ1) is 10.2. The Hall–Kier alpha value is -2.45. The molecule has 3 nitrogen and oxygen atoms in total. The maximum atomic E-state index is 13.2. The topological polar surface area (TPSA) is 42.4 Å². The van der Waals surface area contributed by atoms with Gasteiger partial charge >= 0.3 is 0 Å². The minimum absolute atomic E-state index is 0.0620. The van der Waals surface area contributed by atoms with E-state index in [0.717, 1.165) is 6.20 Å². The van der Waals surface area contributed by atoms with Crippen LogP contribution in [0, 0.1) is 23.5 Å². The summed E-state index contributed by atoms with van der Waals surface area (Å²) < 4.78 is 31.8. The molecule has 5 heteroatoms. The Kier molecular flexibility index (Phi) is 5.24. The first-order valence-corrected chi connectivity index (χ1v) is 6.30. The Labute approximate surface area is 121 Å². The van der Waals surface area contributed by atoms with Crippen LogP contribution in [0.1, 0.15) is 17.5 Å². The van der Waals surface area contributed by atoms with Crippen molar-refractivity contribution in [3.63, 3.8) is 0 Å². The van der Waals surface area contributed by atoms with Crippen molar-refractivity contribution in [2.24, 2.45) is 0 Å². The molecule has 0 saturated carbocycles. The van der Waals surface area contributed by atoms with Crippen LogP contribution in [0.4, 0.5) is 8.78 Å². The van der Waals surface area contributed by atoms with E-state index >= 15 is 0 Å². The molecule has 0 aliphatic carbocycles. The minimum atomic E-state index is -0.446. The van der Waals surface area contributed by atoms with Crippen molar-refractivity contribution in [3.05, 3.63) is 59.4 Å². The smallest absolute Gasteiger partial charge is 0.141 e. The molecule has 1 aromatic heterocycles. The first kappa shape index (κ1) is 14.9. The number of ether oxygens (including phenoxy) is 1. The fourth-order valence-electron chi connectivity index (χ4n) is 1.64. The van der Waals surface area contributed by atoms with Gasteiger partial charge in [0.15, 0.2) is 0 Å². The summed E-state index contributed by atoms with van der Waals surface area (Å²) in [5.74, 6) is 4.97. The fourth-order valence-corrected chi connectivity index (χ4v) is 1.64. The molecule has 0 bridgehead atoms. The largest absolute Gasteiger partial charge is 0.488 e. The van der Waals surface area contributed by atoms with Crippen LogP contribution in [0.15, 0.2) is 36.7 Å². The first-order valence-electron chi connectivity index (χ1n) is 6.30. The zero-order valence-electron chi connectivity index (χ0n) is 11.1. The molecule has 1 N–H and O–H groups in total. The van der Waals surface area contributed by atoms with Crippen LogP contribution in [-0.2, 0) is 6.61 Å². The lowest BCUT2D eigenvalue weighted by Gasteiger charge is -2.08. The molecule has 0 saturated heterocycles. The highest BCUT2D eigenvalue weighted by Gasteiger charge is 2.05. The molecule has 0 fully saturated rings. The highest BCUT2D eigenvalue weighted by atomic mass is 19.1.